The Morgan fingerprint density at radius 2 is 2.04 bits per heavy atom. The summed E-state index contributed by atoms with van der Waals surface area (Å²) in [7, 11) is 0. The van der Waals surface area contributed by atoms with Gasteiger partial charge in [-0.25, -0.2) is 4.39 Å². The van der Waals surface area contributed by atoms with Gasteiger partial charge in [-0.2, -0.15) is 5.10 Å². The third-order valence-electron chi connectivity index (χ3n) is 4.38. The lowest BCUT2D eigenvalue weighted by atomic mass is 10.1. The van der Waals surface area contributed by atoms with Gasteiger partial charge < -0.3 is 5.32 Å². The lowest BCUT2D eigenvalue weighted by Crippen LogP contribution is -2.28. The molecule has 2 heterocycles. The maximum Gasteiger partial charge on any atom is 0.229 e. The SMILES string of the molecule is O=C(Nc1ccc(Cl)cc1)[C@H]1CC(=O)N(c2n[nH]c3cccc(F)c23)C1. The summed E-state index contributed by atoms with van der Waals surface area (Å²) < 4.78 is 14.1. The largest absolute Gasteiger partial charge is 0.326 e. The van der Waals surface area contributed by atoms with E-state index < -0.39 is 11.7 Å². The van der Waals surface area contributed by atoms with Gasteiger partial charge in [-0.3, -0.25) is 19.6 Å². The molecule has 1 saturated heterocycles. The normalized spacial score (nSPS) is 17.1. The molecule has 132 valence electrons. The molecule has 0 spiro atoms. The summed E-state index contributed by atoms with van der Waals surface area (Å²) in [6, 6.07) is 11.3. The van der Waals surface area contributed by atoms with Crippen LogP contribution in [0.2, 0.25) is 5.02 Å². The third kappa shape index (κ3) is 2.90. The van der Waals surface area contributed by atoms with Crippen LogP contribution in [0.3, 0.4) is 0 Å². The molecule has 0 radical (unpaired) electrons. The van der Waals surface area contributed by atoms with Crippen molar-refractivity contribution in [2.24, 2.45) is 5.92 Å². The van der Waals surface area contributed by atoms with Crippen molar-refractivity contribution >= 4 is 45.8 Å². The number of hydrogen-bond donors (Lipinski definition) is 2. The first-order valence-electron chi connectivity index (χ1n) is 8.02. The van der Waals surface area contributed by atoms with Crippen molar-refractivity contribution < 1.29 is 14.0 Å². The van der Waals surface area contributed by atoms with E-state index in [-0.39, 0.29) is 36.0 Å². The molecule has 0 saturated carbocycles. The molecule has 1 aromatic heterocycles. The smallest absolute Gasteiger partial charge is 0.229 e. The fraction of sp³-hybridized carbons (Fsp3) is 0.167. The van der Waals surface area contributed by atoms with Crippen LogP contribution in [0.4, 0.5) is 15.9 Å². The minimum atomic E-state index is -0.545. The summed E-state index contributed by atoms with van der Waals surface area (Å²) in [6.45, 7) is 0.145. The number of aromatic amines is 1. The molecule has 1 atom stereocenters. The Kier molecular flexibility index (Phi) is 4.08. The molecule has 1 aliphatic heterocycles. The molecular formula is C18H14ClFN4O2. The van der Waals surface area contributed by atoms with Gasteiger partial charge in [0, 0.05) is 23.7 Å². The molecule has 6 nitrogen and oxygen atoms in total. The Labute approximate surface area is 152 Å². The molecule has 2 N–H and O–H groups in total. The van der Waals surface area contributed by atoms with Gasteiger partial charge in [-0.05, 0) is 36.4 Å². The van der Waals surface area contributed by atoms with Gasteiger partial charge in [-0.15, -0.1) is 0 Å². The number of nitrogens with one attached hydrogen (secondary N) is 2. The van der Waals surface area contributed by atoms with Crippen LogP contribution >= 0.6 is 11.6 Å². The number of aromatic nitrogens is 2. The predicted octanol–water partition coefficient (Wildman–Crippen LogP) is 3.35. The van der Waals surface area contributed by atoms with Gasteiger partial charge in [0.05, 0.1) is 16.8 Å². The van der Waals surface area contributed by atoms with Gasteiger partial charge in [0.2, 0.25) is 11.8 Å². The Morgan fingerprint density at radius 3 is 2.81 bits per heavy atom. The van der Waals surface area contributed by atoms with Gasteiger partial charge in [-0.1, -0.05) is 17.7 Å². The van der Waals surface area contributed by atoms with Crippen LogP contribution in [-0.2, 0) is 9.59 Å². The van der Waals surface area contributed by atoms with Crippen molar-refractivity contribution in [3.05, 3.63) is 53.3 Å². The summed E-state index contributed by atoms with van der Waals surface area (Å²) in [5, 5.41) is 10.4. The number of H-pyrrole nitrogens is 1. The summed E-state index contributed by atoms with van der Waals surface area (Å²) in [4.78, 5) is 26.2. The van der Waals surface area contributed by atoms with E-state index in [1.165, 1.54) is 11.0 Å². The zero-order valence-electron chi connectivity index (χ0n) is 13.5. The number of nitrogens with zero attached hydrogens (tertiary/aromatic N) is 2. The van der Waals surface area contributed by atoms with Crippen LogP contribution in [0.25, 0.3) is 10.9 Å². The third-order valence-corrected chi connectivity index (χ3v) is 4.63. The highest BCUT2D eigenvalue weighted by atomic mass is 35.5. The Morgan fingerprint density at radius 1 is 1.27 bits per heavy atom. The lowest BCUT2D eigenvalue weighted by Gasteiger charge is -2.14. The molecule has 1 aliphatic rings. The van der Waals surface area contributed by atoms with Crippen LogP contribution in [-0.4, -0.2) is 28.6 Å². The van der Waals surface area contributed by atoms with Gasteiger partial charge in [0.25, 0.3) is 0 Å². The number of halogens is 2. The molecule has 26 heavy (non-hydrogen) atoms. The first-order chi connectivity index (χ1) is 12.5. The monoisotopic (exact) mass is 372 g/mol. The van der Waals surface area contributed by atoms with Crippen molar-refractivity contribution in [1.29, 1.82) is 0 Å². The molecule has 8 heteroatoms. The standard InChI is InChI=1S/C18H14ClFN4O2/c19-11-4-6-12(7-5-11)21-18(26)10-8-15(25)24(9-10)17-16-13(20)2-1-3-14(16)22-23-17/h1-7,10H,8-9H2,(H,21,26)(H,22,23)/t10-/m0/s1. The summed E-state index contributed by atoms with van der Waals surface area (Å²) in [5.74, 6) is -1.34. The minimum absolute atomic E-state index is 0.0439. The molecule has 3 aromatic rings. The van der Waals surface area contributed by atoms with E-state index in [4.69, 9.17) is 11.6 Å². The Balaban J connectivity index is 1.54. The van der Waals surface area contributed by atoms with Crippen LogP contribution in [0.15, 0.2) is 42.5 Å². The van der Waals surface area contributed by atoms with Gasteiger partial charge in [0.15, 0.2) is 5.82 Å². The van der Waals surface area contributed by atoms with E-state index in [0.717, 1.165) is 0 Å². The molecule has 0 unspecified atom stereocenters. The molecule has 1 fully saturated rings. The average Bonchev–Trinajstić information content (AvgIpc) is 3.21. The van der Waals surface area contributed by atoms with Crippen molar-refractivity contribution in [1.82, 2.24) is 10.2 Å². The highest BCUT2D eigenvalue weighted by molar-refractivity contribution is 6.30. The molecular weight excluding hydrogens is 359 g/mol. The second-order valence-electron chi connectivity index (χ2n) is 6.11. The number of hydrogen-bond acceptors (Lipinski definition) is 3. The summed E-state index contributed by atoms with van der Waals surface area (Å²) in [6.07, 6.45) is 0.0439. The number of benzene rings is 2. The highest BCUT2D eigenvalue weighted by Crippen LogP contribution is 2.31. The zero-order chi connectivity index (χ0) is 18.3. The molecule has 2 amide bonds. The topological polar surface area (TPSA) is 78.1 Å². The number of rotatable bonds is 3. The maximum atomic E-state index is 14.1. The van der Waals surface area contributed by atoms with Crippen LogP contribution < -0.4 is 10.2 Å². The Bertz CT molecular complexity index is 1000. The number of carbonyl (C=O) groups is 2. The first-order valence-corrected chi connectivity index (χ1v) is 8.40. The summed E-state index contributed by atoms with van der Waals surface area (Å²) in [5.41, 5.74) is 1.10. The van der Waals surface area contributed by atoms with Crippen molar-refractivity contribution in [2.75, 3.05) is 16.8 Å². The summed E-state index contributed by atoms with van der Waals surface area (Å²) >= 11 is 5.83. The fourth-order valence-corrected chi connectivity index (χ4v) is 3.20. The van der Waals surface area contributed by atoms with E-state index >= 15 is 0 Å². The first kappa shape index (κ1) is 16.5. The Hall–Kier alpha value is -2.93. The molecule has 2 aromatic carbocycles. The predicted molar refractivity (Wildman–Crippen MR) is 96.6 cm³/mol. The minimum Gasteiger partial charge on any atom is -0.326 e. The van der Waals surface area contributed by atoms with E-state index in [1.54, 1.807) is 36.4 Å². The van der Waals surface area contributed by atoms with Crippen LogP contribution in [0.5, 0.6) is 0 Å². The number of anilines is 2. The second-order valence-corrected chi connectivity index (χ2v) is 6.55. The quantitative estimate of drug-likeness (QED) is 0.740. The van der Waals surface area contributed by atoms with Gasteiger partial charge >= 0.3 is 0 Å². The van der Waals surface area contributed by atoms with Crippen LogP contribution in [0, 0.1) is 11.7 Å². The maximum absolute atomic E-state index is 14.1. The highest BCUT2D eigenvalue weighted by Gasteiger charge is 2.37. The second kappa shape index (κ2) is 6.42. The van der Waals surface area contributed by atoms with Gasteiger partial charge in [0.1, 0.15) is 5.82 Å². The van der Waals surface area contributed by atoms with E-state index in [9.17, 15) is 14.0 Å². The van der Waals surface area contributed by atoms with E-state index in [1.807, 2.05) is 0 Å². The molecule has 4 rings (SSSR count). The van der Waals surface area contributed by atoms with E-state index in [0.29, 0.717) is 16.2 Å². The van der Waals surface area contributed by atoms with Crippen molar-refractivity contribution in [3.8, 4) is 0 Å². The number of carbonyl (C=O) groups excluding carboxylic acids is 2. The number of amides is 2. The van der Waals surface area contributed by atoms with Crippen molar-refractivity contribution in [2.45, 2.75) is 6.42 Å². The lowest BCUT2D eigenvalue weighted by molar-refractivity contribution is -0.122. The zero-order valence-corrected chi connectivity index (χ0v) is 14.3. The van der Waals surface area contributed by atoms with Crippen molar-refractivity contribution in [3.63, 3.8) is 0 Å². The molecule has 0 bridgehead atoms. The average molecular weight is 373 g/mol. The van der Waals surface area contributed by atoms with E-state index in [2.05, 4.69) is 15.5 Å². The van der Waals surface area contributed by atoms with Crippen LogP contribution in [0.1, 0.15) is 6.42 Å². The number of fused-ring (bicyclic) bond motifs is 1. The fourth-order valence-electron chi connectivity index (χ4n) is 3.07. The molecule has 0 aliphatic carbocycles.